The minimum Gasteiger partial charge on any atom is -0.369 e. The van der Waals surface area contributed by atoms with E-state index in [0.29, 0.717) is 25.2 Å². The quantitative estimate of drug-likeness (QED) is 0.820. The minimum absolute atomic E-state index is 0.0894. The second-order valence-corrected chi connectivity index (χ2v) is 6.98. The van der Waals surface area contributed by atoms with Gasteiger partial charge < -0.3 is 11.1 Å². The maximum Gasteiger partial charge on any atom is 0.234 e. The van der Waals surface area contributed by atoms with Crippen molar-refractivity contribution in [2.45, 2.75) is 64.5 Å². The first-order valence-electron chi connectivity index (χ1n) is 8.28. The maximum atomic E-state index is 12.2. The molecule has 1 saturated heterocycles. The van der Waals surface area contributed by atoms with E-state index >= 15 is 0 Å². The van der Waals surface area contributed by atoms with Crippen molar-refractivity contribution in [2.75, 3.05) is 13.1 Å². The number of carbonyl (C=O) groups excluding carboxylic acids is 2. The van der Waals surface area contributed by atoms with E-state index in [0.717, 1.165) is 31.6 Å². The van der Waals surface area contributed by atoms with Crippen LogP contribution in [0.5, 0.6) is 0 Å². The number of hydrogen-bond donors (Lipinski definition) is 2. The highest BCUT2D eigenvalue weighted by Gasteiger charge is 2.30. The molecule has 0 spiro atoms. The molecule has 1 saturated carbocycles. The number of nitrogens with zero attached hydrogens (tertiary/aromatic N) is 1. The summed E-state index contributed by atoms with van der Waals surface area (Å²) in [7, 11) is 0. The summed E-state index contributed by atoms with van der Waals surface area (Å²) < 4.78 is 0. The molecule has 2 amide bonds. The first-order valence-corrected chi connectivity index (χ1v) is 8.28. The molecule has 1 heterocycles. The Hall–Kier alpha value is -1.10. The fraction of sp³-hybridized carbons (Fsp3) is 0.875. The van der Waals surface area contributed by atoms with Crippen LogP contribution in [0.2, 0.25) is 0 Å². The lowest BCUT2D eigenvalue weighted by Crippen LogP contribution is -2.50. The summed E-state index contributed by atoms with van der Waals surface area (Å²) in [5.74, 6) is 0.529. The minimum atomic E-state index is -0.242. The van der Waals surface area contributed by atoms with E-state index < -0.39 is 0 Å². The topological polar surface area (TPSA) is 75.4 Å². The predicted octanol–water partition coefficient (Wildman–Crippen LogP) is 1.27. The largest absolute Gasteiger partial charge is 0.369 e. The molecule has 0 unspecified atom stereocenters. The number of nitrogens with two attached hydrogens (primary N) is 1. The fourth-order valence-corrected chi connectivity index (χ4v) is 3.49. The molecule has 2 atom stereocenters. The summed E-state index contributed by atoms with van der Waals surface area (Å²) in [5, 5.41) is 3.15. The highest BCUT2D eigenvalue weighted by molar-refractivity contribution is 5.79. The Labute approximate surface area is 127 Å². The van der Waals surface area contributed by atoms with Crippen LogP contribution in [0.15, 0.2) is 0 Å². The average Bonchev–Trinajstić information content (AvgIpc) is 2.43. The van der Waals surface area contributed by atoms with Gasteiger partial charge >= 0.3 is 0 Å². The molecular weight excluding hydrogens is 266 g/mol. The number of rotatable bonds is 4. The Morgan fingerprint density at radius 2 is 1.76 bits per heavy atom. The number of primary amides is 1. The second-order valence-electron chi connectivity index (χ2n) is 6.98. The van der Waals surface area contributed by atoms with Crippen molar-refractivity contribution < 1.29 is 9.59 Å². The molecule has 2 fully saturated rings. The van der Waals surface area contributed by atoms with Gasteiger partial charge in [-0.15, -0.1) is 0 Å². The van der Waals surface area contributed by atoms with Gasteiger partial charge in [-0.3, -0.25) is 14.5 Å². The van der Waals surface area contributed by atoms with Gasteiger partial charge in [-0.2, -0.15) is 0 Å². The predicted molar refractivity (Wildman–Crippen MR) is 82.5 cm³/mol. The Balaban J connectivity index is 1.79. The number of carbonyl (C=O) groups is 2. The highest BCUT2D eigenvalue weighted by Crippen LogP contribution is 2.24. The van der Waals surface area contributed by atoms with Crippen LogP contribution < -0.4 is 11.1 Å². The zero-order valence-electron chi connectivity index (χ0n) is 13.3. The van der Waals surface area contributed by atoms with Crippen molar-refractivity contribution in [3.8, 4) is 0 Å². The van der Waals surface area contributed by atoms with Crippen molar-refractivity contribution in [1.29, 1.82) is 0 Å². The van der Waals surface area contributed by atoms with Crippen LogP contribution in [0.3, 0.4) is 0 Å². The van der Waals surface area contributed by atoms with Gasteiger partial charge in [0.1, 0.15) is 0 Å². The average molecular weight is 295 g/mol. The van der Waals surface area contributed by atoms with Crippen LogP contribution in [0.1, 0.15) is 52.4 Å². The molecule has 120 valence electrons. The molecule has 2 rings (SSSR count). The molecular formula is C16H29N3O2. The Bertz CT molecular complexity index is 378. The molecule has 0 aromatic heterocycles. The van der Waals surface area contributed by atoms with Gasteiger partial charge in [0.2, 0.25) is 11.8 Å². The summed E-state index contributed by atoms with van der Waals surface area (Å²) in [6.45, 7) is 5.40. The maximum absolute atomic E-state index is 12.2. The van der Waals surface area contributed by atoms with Gasteiger partial charge in [0, 0.05) is 18.6 Å². The highest BCUT2D eigenvalue weighted by atomic mass is 16.2. The molecule has 0 aromatic rings. The van der Waals surface area contributed by atoms with E-state index in [1.165, 1.54) is 12.8 Å². The smallest absolute Gasteiger partial charge is 0.234 e. The number of hydrogen-bond acceptors (Lipinski definition) is 3. The lowest BCUT2D eigenvalue weighted by atomic mass is 9.87. The van der Waals surface area contributed by atoms with Crippen LogP contribution >= 0.6 is 0 Å². The fourth-order valence-electron chi connectivity index (χ4n) is 3.49. The van der Waals surface area contributed by atoms with E-state index in [1.807, 2.05) is 0 Å². The van der Waals surface area contributed by atoms with Crippen molar-refractivity contribution >= 4 is 11.8 Å². The normalized spacial score (nSPS) is 34.4. The zero-order valence-corrected chi connectivity index (χ0v) is 13.3. The molecule has 0 aromatic carbocycles. The molecule has 1 aliphatic heterocycles. The monoisotopic (exact) mass is 295 g/mol. The van der Waals surface area contributed by atoms with Crippen molar-refractivity contribution in [1.82, 2.24) is 10.2 Å². The van der Waals surface area contributed by atoms with E-state index in [2.05, 4.69) is 24.1 Å². The Morgan fingerprint density at radius 3 is 2.38 bits per heavy atom. The van der Waals surface area contributed by atoms with Gasteiger partial charge in [-0.1, -0.05) is 6.92 Å². The number of amides is 2. The first kappa shape index (κ1) is 16.3. The van der Waals surface area contributed by atoms with E-state index in [9.17, 15) is 9.59 Å². The lowest BCUT2D eigenvalue weighted by Gasteiger charge is -2.36. The number of piperidine rings is 1. The second kappa shape index (κ2) is 7.25. The molecule has 5 nitrogen and oxygen atoms in total. The number of nitrogens with one attached hydrogen (secondary N) is 1. The SMILES string of the molecule is CC1CCC(NC(=O)CN2C[C@@H](C(N)=O)CC[C@H]2C)CC1. The third-order valence-electron chi connectivity index (χ3n) is 5.14. The standard InChI is InChI=1S/C16H29N3O2/c1-11-3-7-14(8-4-11)18-15(20)10-19-9-13(16(17)21)6-5-12(19)2/h11-14H,3-10H2,1-2H3,(H2,17,21)(H,18,20)/t11?,12-,13+,14?/m1/s1. The van der Waals surface area contributed by atoms with Crippen LogP contribution in [0.4, 0.5) is 0 Å². The molecule has 2 aliphatic rings. The summed E-state index contributed by atoms with van der Waals surface area (Å²) >= 11 is 0. The number of likely N-dealkylation sites (tertiary alicyclic amines) is 1. The third-order valence-corrected chi connectivity index (χ3v) is 5.14. The third kappa shape index (κ3) is 4.70. The van der Waals surface area contributed by atoms with Crippen LogP contribution in [-0.2, 0) is 9.59 Å². The zero-order chi connectivity index (χ0) is 15.4. The van der Waals surface area contributed by atoms with Crippen LogP contribution in [0.25, 0.3) is 0 Å². The molecule has 0 bridgehead atoms. The van der Waals surface area contributed by atoms with Crippen LogP contribution in [0, 0.1) is 11.8 Å². The Kier molecular flexibility index (Phi) is 5.62. The molecule has 1 aliphatic carbocycles. The van der Waals surface area contributed by atoms with E-state index in [4.69, 9.17) is 5.73 Å². The Morgan fingerprint density at radius 1 is 1.10 bits per heavy atom. The van der Waals surface area contributed by atoms with Crippen molar-refractivity contribution in [2.24, 2.45) is 17.6 Å². The van der Waals surface area contributed by atoms with Gasteiger partial charge in [0.25, 0.3) is 0 Å². The van der Waals surface area contributed by atoms with Gasteiger partial charge in [-0.25, -0.2) is 0 Å². The molecule has 3 N–H and O–H groups in total. The van der Waals surface area contributed by atoms with E-state index in [-0.39, 0.29) is 17.7 Å². The lowest BCUT2D eigenvalue weighted by molar-refractivity contribution is -0.128. The van der Waals surface area contributed by atoms with Gasteiger partial charge in [0.15, 0.2) is 0 Å². The first-order chi connectivity index (χ1) is 9.95. The summed E-state index contributed by atoms with van der Waals surface area (Å²) in [6, 6.07) is 0.679. The molecule has 21 heavy (non-hydrogen) atoms. The van der Waals surface area contributed by atoms with Crippen molar-refractivity contribution in [3.63, 3.8) is 0 Å². The summed E-state index contributed by atoms with van der Waals surface area (Å²) in [6.07, 6.45) is 6.36. The van der Waals surface area contributed by atoms with Gasteiger partial charge in [-0.05, 0) is 51.4 Å². The van der Waals surface area contributed by atoms with E-state index in [1.54, 1.807) is 0 Å². The van der Waals surface area contributed by atoms with Crippen LogP contribution in [-0.4, -0.2) is 41.9 Å². The van der Waals surface area contributed by atoms with Crippen molar-refractivity contribution in [3.05, 3.63) is 0 Å². The summed E-state index contributed by atoms with van der Waals surface area (Å²) in [5.41, 5.74) is 5.40. The summed E-state index contributed by atoms with van der Waals surface area (Å²) in [4.78, 5) is 25.6. The molecule has 0 radical (unpaired) electrons. The van der Waals surface area contributed by atoms with Gasteiger partial charge in [0.05, 0.1) is 12.5 Å². The molecule has 5 heteroatoms.